The monoisotopic (exact) mass is 358 g/mol. The summed E-state index contributed by atoms with van der Waals surface area (Å²) in [5, 5.41) is 3.87. The molecule has 0 atom stereocenters. The molecular weight excluding hydrogens is 334 g/mol. The zero-order valence-corrected chi connectivity index (χ0v) is 15.4. The first-order valence-corrected chi connectivity index (χ1v) is 9.39. The highest BCUT2D eigenvalue weighted by molar-refractivity contribution is 9.09. The predicted octanol–water partition coefficient (Wildman–Crippen LogP) is 5.80. The van der Waals surface area contributed by atoms with E-state index >= 15 is 0 Å². The van der Waals surface area contributed by atoms with E-state index in [9.17, 15) is 0 Å². The van der Waals surface area contributed by atoms with E-state index in [1.165, 1.54) is 47.0 Å². The van der Waals surface area contributed by atoms with Crippen molar-refractivity contribution >= 4 is 38.1 Å². The number of hydrogen-bond acceptors (Lipinski definition) is 0. The fraction of sp³-hybridized carbons (Fsp3) is 0.450. The zero-order chi connectivity index (χ0) is 15.7. The summed E-state index contributed by atoms with van der Waals surface area (Å²) >= 11 is 3.53. The lowest BCUT2D eigenvalue weighted by atomic mass is 9.80. The average molecular weight is 359 g/mol. The molecular formula is C20H25BrN+. The minimum Gasteiger partial charge on any atom is -0.199 e. The van der Waals surface area contributed by atoms with E-state index in [-0.39, 0.29) is 5.41 Å². The van der Waals surface area contributed by atoms with Gasteiger partial charge in [0.1, 0.15) is 6.54 Å². The molecule has 0 N–H and O–H groups in total. The fourth-order valence-corrected chi connectivity index (χ4v) is 4.07. The Kier molecular flexibility index (Phi) is 4.40. The number of halogens is 1. The third-order valence-electron chi connectivity index (χ3n) is 5.15. The van der Waals surface area contributed by atoms with Gasteiger partial charge in [-0.1, -0.05) is 40.2 Å². The summed E-state index contributed by atoms with van der Waals surface area (Å²) in [6.45, 7) is 8.17. The van der Waals surface area contributed by atoms with Crippen LogP contribution < -0.4 is 0 Å². The highest BCUT2D eigenvalue weighted by Gasteiger charge is 2.43. The van der Waals surface area contributed by atoms with Crippen LogP contribution in [0.2, 0.25) is 0 Å². The van der Waals surface area contributed by atoms with E-state index in [0.717, 1.165) is 11.9 Å². The molecule has 3 rings (SSSR count). The number of unbranched alkanes of at least 4 members (excludes halogenated alkanes) is 2. The molecule has 1 heterocycles. The van der Waals surface area contributed by atoms with E-state index in [0.29, 0.717) is 0 Å². The molecule has 1 aliphatic heterocycles. The first-order chi connectivity index (χ1) is 10.6. The van der Waals surface area contributed by atoms with Crippen molar-refractivity contribution in [1.82, 2.24) is 0 Å². The maximum absolute atomic E-state index is 3.53. The average Bonchev–Trinajstić information content (AvgIpc) is 2.72. The molecule has 2 aromatic rings. The van der Waals surface area contributed by atoms with Crippen LogP contribution in [-0.2, 0) is 5.41 Å². The van der Waals surface area contributed by atoms with Gasteiger partial charge in [-0.25, -0.2) is 0 Å². The van der Waals surface area contributed by atoms with Crippen LogP contribution in [0.25, 0.3) is 10.8 Å². The zero-order valence-electron chi connectivity index (χ0n) is 13.8. The molecule has 2 heteroatoms. The lowest BCUT2D eigenvalue weighted by molar-refractivity contribution is -0.439. The van der Waals surface area contributed by atoms with Crippen molar-refractivity contribution in [3.8, 4) is 0 Å². The Balaban J connectivity index is 2.04. The van der Waals surface area contributed by atoms with Gasteiger partial charge in [-0.05, 0) is 43.5 Å². The molecule has 0 amide bonds. The minimum atomic E-state index is 0.117. The molecule has 0 spiro atoms. The molecule has 0 aliphatic carbocycles. The standard InChI is InChI=1S/C20H25BrN/c1-15-20(2,3)19-17-10-6-5-9-16(17)11-12-18(19)22(15)14-8-4-7-13-21/h5-6,9-12H,4,7-8,13-14H2,1-3H3/q+1. The number of benzene rings is 2. The Morgan fingerprint density at radius 1 is 1.00 bits per heavy atom. The van der Waals surface area contributed by atoms with E-state index < -0.39 is 0 Å². The number of nitrogens with zero attached hydrogens (tertiary/aromatic N) is 1. The first-order valence-electron chi connectivity index (χ1n) is 8.27. The number of alkyl halides is 1. The molecule has 0 saturated carbocycles. The van der Waals surface area contributed by atoms with Crippen LogP contribution in [0, 0.1) is 0 Å². The van der Waals surface area contributed by atoms with Crippen molar-refractivity contribution in [3.05, 3.63) is 42.0 Å². The van der Waals surface area contributed by atoms with Crippen molar-refractivity contribution < 1.29 is 4.58 Å². The smallest absolute Gasteiger partial charge is 0.199 e. The number of fused-ring (bicyclic) bond motifs is 3. The molecule has 0 bridgehead atoms. The summed E-state index contributed by atoms with van der Waals surface area (Å²) in [5.74, 6) is 0. The van der Waals surface area contributed by atoms with Crippen LogP contribution >= 0.6 is 15.9 Å². The minimum absolute atomic E-state index is 0.117. The first kappa shape index (κ1) is 15.7. The SMILES string of the molecule is CC1=[N+](CCCCCBr)c2ccc3ccccc3c2C1(C)C. The van der Waals surface area contributed by atoms with Crippen LogP contribution in [0.5, 0.6) is 0 Å². The largest absolute Gasteiger partial charge is 0.210 e. The van der Waals surface area contributed by atoms with E-state index in [1.54, 1.807) is 0 Å². The maximum Gasteiger partial charge on any atom is 0.210 e. The van der Waals surface area contributed by atoms with Crippen LogP contribution in [-0.4, -0.2) is 22.2 Å². The number of rotatable bonds is 5. The molecule has 0 unspecified atom stereocenters. The Hall–Kier alpha value is -1.15. The fourth-order valence-electron chi connectivity index (χ4n) is 3.67. The molecule has 22 heavy (non-hydrogen) atoms. The molecule has 116 valence electrons. The summed E-state index contributed by atoms with van der Waals surface area (Å²) in [5.41, 5.74) is 4.52. The predicted molar refractivity (Wildman–Crippen MR) is 100 cm³/mol. The van der Waals surface area contributed by atoms with E-state index in [4.69, 9.17) is 0 Å². The van der Waals surface area contributed by atoms with Crippen LogP contribution in [0.1, 0.15) is 45.6 Å². The van der Waals surface area contributed by atoms with Gasteiger partial charge < -0.3 is 0 Å². The van der Waals surface area contributed by atoms with Gasteiger partial charge in [0.2, 0.25) is 5.69 Å². The molecule has 0 aromatic heterocycles. The Bertz CT molecular complexity index is 728. The molecule has 1 nitrogen and oxygen atoms in total. The van der Waals surface area contributed by atoms with Crippen molar-refractivity contribution in [3.63, 3.8) is 0 Å². The molecule has 0 saturated heterocycles. The lowest BCUT2D eigenvalue weighted by Gasteiger charge is -2.17. The van der Waals surface area contributed by atoms with Crippen molar-refractivity contribution in [2.24, 2.45) is 0 Å². The third kappa shape index (κ3) is 2.52. The Morgan fingerprint density at radius 2 is 1.77 bits per heavy atom. The number of hydrogen-bond donors (Lipinski definition) is 0. The Labute approximate surface area is 142 Å². The highest BCUT2D eigenvalue weighted by atomic mass is 79.9. The third-order valence-corrected chi connectivity index (χ3v) is 5.71. The van der Waals surface area contributed by atoms with Crippen molar-refractivity contribution in [2.75, 3.05) is 11.9 Å². The highest BCUT2D eigenvalue weighted by Crippen LogP contribution is 2.43. The molecule has 0 fully saturated rings. The Morgan fingerprint density at radius 3 is 2.55 bits per heavy atom. The normalized spacial score (nSPS) is 16.4. The van der Waals surface area contributed by atoms with Gasteiger partial charge in [0.15, 0.2) is 5.71 Å². The topological polar surface area (TPSA) is 3.01 Å². The van der Waals surface area contributed by atoms with Gasteiger partial charge in [-0.2, -0.15) is 4.58 Å². The van der Waals surface area contributed by atoms with Gasteiger partial charge in [0, 0.05) is 30.3 Å². The molecule has 2 aromatic carbocycles. The summed E-state index contributed by atoms with van der Waals surface area (Å²) in [4.78, 5) is 0. The maximum atomic E-state index is 3.53. The van der Waals surface area contributed by atoms with Gasteiger partial charge in [-0.15, -0.1) is 0 Å². The van der Waals surface area contributed by atoms with Gasteiger partial charge in [0.25, 0.3) is 0 Å². The summed E-state index contributed by atoms with van der Waals surface area (Å²) < 4.78 is 2.55. The lowest BCUT2D eigenvalue weighted by Crippen LogP contribution is -2.26. The summed E-state index contributed by atoms with van der Waals surface area (Å²) in [7, 11) is 0. The van der Waals surface area contributed by atoms with Gasteiger partial charge in [0.05, 0.1) is 5.41 Å². The van der Waals surface area contributed by atoms with E-state index in [2.05, 4.69) is 77.7 Å². The van der Waals surface area contributed by atoms with E-state index in [1.807, 2.05) is 0 Å². The summed E-state index contributed by atoms with van der Waals surface area (Å²) in [6.07, 6.45) is 3.81. The van der Waals surface area contributed by atoms with Crippen molar-refractivity contribution in [1.29, 1.82) is 0 Å². The van der Waals surface area contributed by atoms with Crippen LogP contribution in [0.4, 0.5) is 5.69 Å². The molecule has 1 aliphatic rings. The second-order valence-electron chi connectivity index (χ2n) is 6.79. The van der Waals surface area contributed by atoms with Crippen LogP contribution in [0.15, 0.2) is 36.4 Å². The second-order valence-corrected chi connectivity index (χ2v) is 7.59. The van der Waals surface area contributed by atoms with Crippen molar-refractivity contribution in [2.45, 2.75) is 45.4 Å². The molecule has 0 radical (unpaired) electrons. The second kappa shape index (κ2) is 6.16. The summed E-state index contributed by atoms with van der Waals surface area (Å²) in [6, 6.07) is 13.4. The van der Waals surface area contributed by atoms with Crippen LogP contribution in [0.3, 0.4) is 0 Å². The quantitative estimate of drug-likeness (QED) is 0.361. The van der Waals surface area contributed by atoms with Gasteiger partial charge >= 0.3 is 0 Å². The van der Waals surface area contributed by atoms with Gasteiger partial charge in [-0.3, -0.25) is 0 Å².